The molecule has 0 aliphatic carbocycles. The average Bonchev–Trinajstić information content (AvgIpc) is 3.19. The second-order valence-electron chi connectivity index (χ2n) is 8.53. The Morgan fingerprint density at radius 2 is 2.10 bits per heavy atom. The third kappa shape index (κ3) is 3.73. The number of amides is 1. The van der Waals surface area contributed by atoms with Crippen molar-refractivity contribution in [2.45, 2.75) is 51.1 Å². The molecule has 1 aromatic carbocycles. The number of hydrogen-bond donors (Lipinski definition) is 0. The van der Waals surface area contributed by atoms with Crippen molar-refractivity contribution in [2.24, 2.45) is 0 Å². The number of hydrogen-bond acceptors (Lipinski definition) is 5. The molecule has 1 amide bonds. The van der Waals surface area contributed by atoms with E-state index in [1.54, 1.807) is 13.0 Å². The topological polar surface area (TPSA) is 72.6 Å². The molecule has 0 bridgehead atoms. The molecule has 162 valence electrons. The zero-order valence-corrected chi connectivity index (χ0v) is 17.4. The Morgan fingerprint density at radius 1 is 1.26 bits per heavy atom. The van der Waals surface area contributed by atoms with Crippen LogP contribution in [0.2, 0.25) is 0 Å². The molecular formula is C22H23F2N5O2. The Kier molecular flexibility index (Phi) is 4.64. The van der Waals surface area contributed by atoms with Gasteiger partial charge in [0.25, 0.3) is 17.6 Å². The highest BCUT2D eigenvalue weighted by Crippen LogP contribution is 2.37. The molecule has 0 radical (unpaired) electrons. The first-order valence-electron chi connectivity index (χ1n) is 10.4. The van der Waals surface area contributed by atoms with Crippen LogP contribution in [0.15, 0.2) is 30.6 Å². The molecule has 0 N–H and O–H groups in total. The highest BCUT2D eigenvalue weighted by atomic mass is 19.3. The second kappa shape index (κ2) is 7.25. The Hall–Kier alpha value is -3.10. The lowest BCUT2D eigenvalue weighted by molar-refractivity contribution is -0.151. The summed E-state index contributed by atoms with van der Waals surface area (Å²) in [7, 11) is 0. The molecule has 9 heteroatoms. The highest BCUT2D eigenvalue weighted by molar-refractivity contribution is 5.82. The molecule has 7 nitrogen and oxygen atoms in total. The fraction of sp³-hybridized carbons (Fsp3) is 0.455. The molecule has 2 aliphatic heterocycles. The molecule has 2 aromatic heterocycles. The van der Waals surface area contributed by atoms with E-state index in [2.05, 4.69) is 15.1 Å². The van der Waals surface area contributed by atoms with Crippen molar-refractivity contribution >= 4 is 11.7 Å². The van der Waals surface area contributed by atoms with Gasteiger partial charge in [-0.2, -0.15) is 10.1 Å². The van der Waals surface area contributed by atoms with Gasteiger partial charge in [0, 0.05) is 24.6 Å². The van der Waals surface area contributed by atoms with Gasteiger partial charge in [0.1, 0.15) is 12.1 Å². The molecule has 31 heavy (non-hydrogen) atoms. The number of aryl methyl sites for hydroxylation is 3. The van der Waals surface area contributed by atoms with Gasteiger partial charge in [0.2, 0.25) is 0 Å². The number of likely N-dealkylation sites (tertiary alicyclic amines) is 1. The van der Waals surface area contributed by atoms with Crippen LogP contribution in [0.25, 0.3) is 5.78 Å². The predicted octanol–water partition coefficient (Wildman–Crippen LogP) is 3.09. The van der Waals surface area contributed by atoms with Crippen LogP contribution in [-0.2, 0) is 11.2 Å². The molecule has 0 spiro atoms. The molecule has 4 heterocycles. The molecule has 3 aromatic rings. The standard InChI is InChI=1S/C22H23F2N5O2/c1-13-3-5-18-15(7-13)4-6-19(31-18)20(30)28-10-16(9-22(23,24)11-28)17-8-14(2)27-21-25-12-26-29(17)21/h3,5,7-8,12,16,19H,4,6,9-11H2,1-2H3. The number of rotatable bonds is 2. The molecule has 2 aliphatic rings. The van der Waals surface area contributed by atoms with E-state index in [1.165, 1.54) is 15.7 Å². The maximum absolute atomic E-state index is 14.7. The molecule has 0 saturated carbocycles. The largest absolute Gasteiger partial charge is 0.480 e. The van der Waals surface area contributed by atoms with Crippen molar-refractivity contribution in [3.63, 3.8) is 0 Å². The Balaban J connectivity index is 1.41. The van der Waals surface area contributed by atoms with Crippen LogP contribution in [0.3, 0.4) is 0 Å². The van der Waals surface area contributed by atoms with Gasteiger partial charge in [-0.1, -0.05) is 17.7 Å². The van der Waals surface area contributed by atoms with E-state index in [-0.39, 0.29) is 13.0 Å². The molecular weight excluding hydrogens is 404 g/mol. The van der Waals surface area contributed by atoms with Gasteiger partial charge >= 0.3 is 0 Å². The van der Waals surface area contributed by atoms with E-state index in [0.29, 0.717) is 35.8 Å². The average molecular weight is 427 g/mol. The Labute approximate surface area is 178 Å². The third-order valence-corrected chi connectivity index (χ3v) is 5.98. The van der Waals surface area contributed by atoms with Crippen molar-refractivity contribution in [3.8, 4) is 5.75 Å². The maximum Gasteiger partial charge on any atom is 0.266 e. The van der Waals surface area contributed by atoms with Crippen LogP contribution in [0.4, 0.5) is 8.78 Å². The zero-order valence-electron chi connectivity index (χ0n) is 17.4. The summed E-state index contributed by atoms with van der Waals surface area (Å²) in [6.07, 6.45) is 1.40. The smallest absolute Gasteiger partial charge is 0.266 e. The molecule has 1 fully saturated rings. The number of carbonyl (C=O) groups is 1. The summed E-state index contributed by atoms with van der Waals surface area (Å²) < 4.78 is 36.9. The number of alkyl halides is 2. The summed E-state index contributed by atoms with van der Waals surface area (Å²) in [6.45, 7) is 3.36. The van der Waals surface area contributed by atoms with Crippen LogP contribution in [0, 0.1) is 13.8 Å². The van der Waals surface area contributed by atoms with Crippen molar-refractivity contribution in [1.82, 2.24) is 24.5 Å². The van der Waals surface area contributed by atoms with Gasteiger partial charge in [-0.25, -0.2) is 18.3 Å². The maximum atomic E-state index is 14.7. The van der Waals surface area contributed by atoms with E-state index in [1.807, 2.05) is 25.1 Å². The summed E-state index contributed by atoms with van der Waals surface area (Å²) in [5.74, 6) is -2.96. The van der Waals surface area contributed by atoms with Crippen LogP contribution in [0.5, 0.6) is 5.75 Å². The second-order valence-corrected chi connectivity index (χ2v) is 8.53. The minimum Gasteiger partial charge on any atom is -0.480 e. The van der Waals surface area contributed by atoms with Crippen molar-refractivity contribution in [2.75, 3.05) is 13.1 Å². The van der Waals surface area contributed by atoms with E-state index in [0.717, 1.165) is 11.1 Å². The number of carbonyl (C=O) groups excluding carboxylic acids is 1. The first kappa shape index (κ1) is 19.8. The number of ether oxygens (including phenoxy) is 1. The predicted molar refractivity (Wildman–Crippen MR) is 108 cm³/mol. The molecule has 5 rings (SSSR count). The first-order chi connectivity index (χ1) is 14.8. The van der Waals surface area contributed by atoms with Crippen LogP contribution >= 0.6 is 0 Å². The number of nitrogens with zero attached hydrogens (tertiary/aromatic N) is 5. The summed E-state index contributed by atoms with van der Waals surface area (Å²) >= 11 is 0. The normalized spacial score (nSPS) is 22.8. The van der Waals surface area contributed by atoms with Gasteiger partial charge < -0.3 is 9.64 Å². The zero-order chi connectivity index (χ0) is 21.8. The van der Waals surface area contributed by atoms with E-state index < -0.39 is 30.4 Å². The van der Waals surface area contributed by atoms with Gasteiger partial charge in [0.05, 0.1) is 12.2 Å². The number of halogens is 2. The quantitative estimate of drug-likeness (QED) is 0.629. The van der Waals surface area contributed by atoms with Gasteiger partial charge in [0.15, 0.2) is 6.10 Å². The third-order valence-electron chi connectivity index (χ3n) is 5.98. The summed E-state index contributed by atoms with van der Waals surface area (Å²) in [5, 5.41) is 4.14. The molecule has 1 saturated heterocycles. The monoisotopic (exact) mass is 427 g/mol. The summed E-state index contributed by atoms with van der Waals surface area (Å²) in [5.41, 5.74) is 3.43. The van der Waals surface area contributed by atoms with E-state index >= 15 is 0 Å². The van der Waals surface area contributed by atoms with Gasteiger partial charge in [-0.15, -0.1) is 0 Å². The van der Waals surface area contributed by atoms with Crippen LogP contribution in [0.1, 0.15) is 41.3 Å². The fourth-order valence-electron chi connectivity index (χ4n) is 4.61. The van der Waals surface area contributed by atoms with Crippen molar-refractivity contribution in [1.29, 1.82) is 0 Å². The van der Waals surface area contributed by atoms with Crippen molar-refractivity contribution < 1.29 is 18.3 Å². The fourth-order valence-corrected chi connectivity index (χ4v) is 4.61. The first-order valence-corrected chi connectivity index (χ1v) is 10.4. The Bertz CT molecular complexity index is 1160. The number of piperidine rings is 1. The lowest BCUT2D eigenvalue weighted by atomic mass is 9.90. The van der Waals surface area contributed by atoms with Crippen molar-refractivity contribution in [3.05, 3.63) is 53.1 Å². The van der Waals surface area contributed by atoms with E-state index in [9.17, 15) is 13.6 Å². The number of fused-ring (bicyclic) bond motifs is 2. The SMILES string of the molecule is Cc1ccc2c(c1)CCC(C(=O)N1CC(c3cc(C)nc4ncnn34)CC(F)(F)C1)O2. The van der Waals surface area contributed by atoms with Gasteiger partial charge in [-0.3, -0.25) is 4.79 Å². The summed E-state index contributed by atoms with van der Waals surface area (Å²) in [6, 6.07) is 7.55. The molecule has 2 unspecified atom stereocenters. The minimum atomic E-state index is -3.01. The number of benzene rings is 1. The van der Waals surface area contributed by atoms with E-state index in [4.69, 9.17) is 4.74 Å². The van der Waals surface area contributed by atoms with Crippen LogP contribution < -0.4 is 4.74 Å². The lowest BCUT2D eigenvalue weighted by Crippen LogP contribution is -2.53. The van der Waals surface area contributed by atoms with Crippen LogP contribution in [-0.4, -0.2) is 55.5 Å². The number of aromatic nitrogens is 4. The Morgan fingerprint density at radius 3 is 2.94 bits per heavy atom. The molecule has 2 atom stereocenters. The lowest BCUT2D eigenvalue weighted by Gasteiger charge is -2.39. The minimum absolute atomic E-state index is 0.174. The highest BCUT2D eigenvalue weighted by Gasteiger charge is 2.45. The summed E-state index contributed by atoms with van der Waals surface area (Å²) in [4.78, 5) is 22.8. The van der Waals surface area contributed by atoms with Gasteiger partial charge in [-0.05, 0) is 44.4 Å².